The zero-order chi connectivity index (χ0) is 12.0. The number of guanidine groups is 1. The van der Waals surface area contributed by atoms with Gasteiger partial charge in [-0.15, -0.1) is 0 Å². The summed E-state index contributed by atoms with van der Waals surface area (Å²) in [6.45, 7) is 6.91. The molecule has 96 valence electrons. The quantitative estimate of drug-likeness (QED) is 0.797. The molecule has 2 saturated carbocycles. The third-order valence-electron chi connectivity index (χ3n) is 5.44. The largest absolute Gasteiger partial charge is 0.370 e. The van der Waals surface area contributed by atoms with Gasteiger partial charge < -0.3 is 10.6 Å². The van der Waals surface area contributed by atoms with Crippen molar-refractivity contribution in [3.05, 3.63) is 0 Å². The van der Waals surface area contributed by atoms with E-state index >= 15 is 0 Å². The van der Waals surface area contributed by atoms with Crippen LogP contribution in [0.15, 0.2) is 4.99 Å². The molecule has 2 N–H and O–H groups in total. The van der Waals surface area contributed by atoms with E-state index in [2.05, 4.69) is 23.7 Å². The highest BCUT2D eigenvalue weighted by molar-refractivity contribution is 5.81. The van der Waals surface area contributed by atoms with Crippen LogP contribution >= 0.6 is 0 Å². The summed E-state index contributed by atoms with van der Waals surface area (Å²) in [7, 11) is 0. The lowest BCUT2D eigenvalue weighted by atomic mass is 9.67. The van der Waals surface area contributed by atoms with Crippen LogP contribution in [0.1, 0.15) is 46.0 Å². The van der Waals surface area contributed by atoms with Crippen LogP contribution in [0.5, 0.6) is 0 Å². The van der Waals surface area contributed by atoms with Crippen molar-refractivity contribution in [3.63, 3.8) is 0 Å². The summed E-state index contributed by atoms with van der Waals surface area (Å²) in [5.41, 5.74) is 6.41. The molecular formula is C14H25N3. The van der Waals surface area contributed by atoms with Gasteiger partial charge >= 0.3 is 0 Å². The Hall–Kier alpha value is -0.730. The van der Waals surface area contributed by atoms with Crippen LogP contribution in [-0.4, -0.2) is 29.5 Å². The molecule has 0 aromatic heterocycles. The molecular weight excluding hydrogens is 210 g/mol. The predicted octanol–water partition coefficient (Wildman–Crippen LogP) is 2.22. The van der Waals surface area contributed by atoms with E-state index in [-0.39, 0.29) is 5.54 Å². The molecule has 1 heterocycles. The highest BCUT2D eigenvalue weighted by Gasteiger charge is 2.50. The topological polar surface area (TPSA) is 41.6 Å². The maximum Gasteiger partial charge on any atom is 0.191 e. The third kappa shape index (κ3) is 1.74. The molecule has 3 rings (SSSR count). The van der Waals surface area contributed by atoms with Gasteiger partial charge in [-0.2, -0.15) is 0 Å². The molecule has 2 aliphatic carbocycles. The van der Waals surface area contributed by atoms with E-state index in [4.69, 9.17) is 5.73 Å². The number of nitrogens with two attached hydrogens (primary N) is 1. The molecule has 3 aliphatic rings. The Morgan fingerprint density at radius 1 is 1.35 bits per heavy atom. The van der Waals surface area contributed by atoms with Crippen LogP contribution < -0.4 is 5.73 Å². The van der Waals surface area contributed by atoms with E-state index in [0.717, 1.165) is 36.8 Å². The first-order valence-electron chi connectivity index (χ1n) is 7.21. The van der Waals surface area contributed by atoms with Gasteiger partial charge in [0.2, 0.25) is 0 Å². The van der Waals surface area contributed by atoms with E-state index < -0.39 is 0 Å². The number of aliphatic imine (C=N–C) groups is 1. The van der Waals surface area contributed by atoms with Gasteiger partial charge in [-0.25, -0.2) is 0 Å². The van der Waals surface area contributed by atoms with Crippen LogP contribution in [0.4, 0.5) is 0 Å². The van der Waals surface area contributed by atoms with E-state index in [1.165, 1.54) is 32.1 Å². The monoisotopic (exact) mass is 235 g/mol. The first kappa shape index (κ1) is 11.4. The minimum absolute atomic E-state index is 0.268. The van der Waals surface area contributed by atoms with Crippen molar-refractivity contribution < 1.29 is 0 Å². The average molecular weight is 235 g/mol. The molecule has 0 bridgehead atoms. The minimum atomic E-state index is 0.268. The van der Waals surface area contributed by atoms with Crippen molar-refractivity contribution in [3.8, 4) is 0 Å². The van der Waals surface area contributed by atoms with Gasteiger partial charge in [0.05, 0.1) is 12.1 Å². The van der Waals surface area contributed by atoms with Crippen molar-refractivity contribution in [1.29, 1.82) is 0 Å². The third-order valence-corrected chi connectivity index (χ3v) is 5.44. The summed E-state index contributed by atoms with van der Waals surface area (Å²) < 4.78 is 0. The van der Waals surface area contributed by atoms with Gasteiger partial charge in [0.25, 0.3) is 0 Å². The number of nitrogens with zero attached hydrogens (tertiary/aromatic N) is 2. The molecule has 3 unspecified atom stereocenters. The summed E-state index contributed by atoms with van der Waals surface area (Å²) in [5.74, 6) is 3.24. The molecule has 0 amide bonds. The molecule has 2 fully saturated rings. The van der Waals surface area contributed by atoms with E-state index in [9.17, 15) is 0 Å². The summed E-state index contributed by atoms with van der Waals surface area (Å²) >= 11 is 0. The fourth-order valence-corrected chi connectivity index (χ4v) is 3.79. The average Bonchev–Trinajstić information content (AvgIpc) is 3.07. The number of rotatable bonds is 2. The first-order chi connectivity index (χ1) is 8.13. The van der Waals surface area contributed by atoms with E-state index in [1.807, 2.05) is 0 Å². The van der Waals surface area contributed by atoms with Crippen molar-refractivity contribution in [2.45, 2.75) is 51.5 Å². The van der Waals surface area contributed by atoms with Gasteiger partial charge in [0, 0.05) is 6.54 Å². The van der Waals surface area contributed by atoms with Gasteiger partial charge in [-0.1, -0.05) is 26.7 Å². The van der Waals surface area contributed by atoms with Gasteiger partial charge in [-0.3, -0.25) is 4.99 Å². The van der Waals surface area contributed by atoms with Crippen LogP contribution in [0, 0.1) is 17.8 Å². The highest BCUT2D eigenvalue weighted by Crippen LogP contribution is 2.45. The van der Waals surface area contributed by atoms with Gasteiger partial charge in [-0.05, 0) is 37.0 Å². The molecule has 0 aromatic rings. The molecule has 3 heteroatoms. The van der Waals surface area contributed by atoms with Crippen molar-refractivity contribution in [1.82, 2.24) is 4.90 Å². The summed E-state index contributed by atoms with van der Waals surface area (Å²) in [4.78, 5) is 7.06. The maximum atomic E-state index is 6.14. The van der Waals surface area contributed by atoms with Crippen molar-refractivity contribution in [2.75, 3.05) is 13.1 Å². The Balaban J connectivity index is 1.83. The first-order valence-corrected chi connectivity index (χ1v) is 7.21. The van der Waals surface area contributed by atoms with Crippen molar-refractivity contribution in [2.24, 2.45) is 28.5 Å². The zero-order valence-electron chi connectivity index (χ0n) is 11.2. The summed E-state index contributed by atoms with van der Waals surface area (Å²) in [5, 5.41) is 0. The summed E-state index contributed by atoms with van der Waals surface area (Å²) in [6, 6.07) is 0. The second kappa shape index (κ2) is 3.89. The summed E-state index contributed by atoms with van der Waals surface area (Å²) in [6.07, 6.45) is 6.79. The number of hydrogen-bond acceptors (Lipinski definition) is 3. The molecule has 3 nitrogen and oxygen atoms in total. The lowest BCUT2D eigenvalue weighted by Crippen LogP contribution is -2.58. The second-order valence-electron chi connectivity index (χ2n) is 6.49. The zero-order valence-corrected chi connectivity index (χ0v) is 11.2. The Bertz CT molecular complexity index is 334. The normalized spacial score (nSPS) is 42.0. The Kier molecular flexibility index (Phi) is 2.60. The Labute approximate surface area is 104 Å². The second-order valence-corrected chi connectivity index (χ2v) is 6.49. The molecule has 1 spiro atoms. The predicted molar refractivity (Wildman–Crippen MR) is 70.8 cm³/mol. The van der Waals surface area contributed by atoms with Crippen molar-refractivity contribution >= 4 is 5.96 Å². The van der Waals surface area contributed by atoms with Crippen LogP contribution in [0.3, 0.4) is 0 Å². The molecule has 1 aliphatic heterocycles. The molecule has 17 heavy (non-hydrogen) atoms. The molecule has 0 radical (unpaired) electrons. The van der Waals surface area contributed by atoms with Gasteiger partial charge in [0.15, 0.2) is 5.96 Å². The fourth-order valence-electron chi connectivity index (χ4n) is 3.79. The lowest BCUT2D eigenvalue weighted by molar-refractivity contribution is 0.0456. The smallest absolute Gasteiger partial charge is 0.191 e. The number of hydrogen-bond donors (Lipinski definition) is 1. The van der Waals surface area contributed by atoms with E-state index in [1.54, 1.807) is 0 Å². The van der Waals surface area contributed by atoms with Gasteiger partial charge in [0.1, 0.15) is 0 Å². The molecule has 0 aromatic carbocycles. The van der Waals surface area contributed by atoms with Crippen LogP contribution in [-0.2, 0) is 0 Å². The lowest BCUT2D eigenvalue weighted by Gasteiger charge is -2.49. The van der Waals surface area contributed by atoms with E-state index in [0.29, 0.717) is 0 Å². The van der Waals surface area contributed by atoms with Crippen LogP contribution in [0.25, 0.3) is 0 Å². The maximum absolute atomic E-state index is 6.14. The standard InChI is InChI=1S/C14H25N3/c1-10-4-3-7-14(11(10)2)9-16-13(15)17(14)8-12-5-6-12/h10-12H,3-9H2,1-2H3,(H2,15,16). The Morgan fingerprint density at radius 3 is 2.82 bits per heavy atom. The molecule has 3 atom stereocenters. The fraction of sp³-hybridized carbons (Fsp3) is 0.929. The van der Waals surface area contributed by atoms with Crippen LogP contribution in [0.2, 0.25) is 0 Å². The minimum Gasteiger partial charge on any atom is -0.370 e. The Morgan fingerprint density at radius 2 is 2.12 bits per heavy atom. The highest BCUT2D eigenvalue weighted by atomic mass is 15.4. The molecule has 0 saturated heterocycles. The SMILES string of the molecule is CC1CCCC2(CN=C(N)N2CC2CC2)C1C.